The largest absolute Gasteiger partial charge is 0.396 e. The van der Waals surface area contributed by atoms with Crippen molar-refractivity contribution in [3.05, 3.63) is 18.1 Å². The Hall–Kier alpha value is -1.32. The van der Waals surface area contributed by atoms with E-state index in [1.165, 1.54) is 0 Å². The van der Waals surface area contributed by atoms with E-state index in [2.05, 4.69) is 38.7 Å². The molecule has 6 atom stereocenters. The molecule has 1 aliphatic carbocycles. The number of aromatic nitrogens is 2. The second-order valence-electron chi connectivity index (χ2n) is 8.46. The van der Waals surface area contributed by atoms with Gasteiger partial charge < -0.3 is 19.5 Å². The lowest BCUT2D eigenvalue weighted by Gasteiger charge is -2.34. The van der Waals surface area contributed by atoms with Crippen LogP contribution >= 0.6 is 0 Å². The summed E-state index contributed by atoms with van der Waals surface area (Å²) >= 11 is 0. The molecule has 8 nitrogen and oxygen atoms in total. The highest BCUT2D eigenvalue weighted by Crippen LogP contribution is 2.39. The second kappa shape index (κ2) is 9.00. The number of ether oxygens (including phenoxy) is 2. The molecule has 0 bridgehead atoms. The van der Waals surface area contributed by atoms with Crippen LogP contribution in [0.5, 0.6) is 0 Å². The van der Waals surface area contributed by atoms with Gasteiger partial charge in [0.1, 0.15) is 12.1 Å². The van der Waals surface area contributed by atoms with E-state index in [9.17, 15) is 5.11 Å². The van der Waals surface area contributed by atoms with Crippen LogP contribution < -0.4 is 15.8 Å². The summed E-state index contributed by atoms with van der Waals surface area (Å²) in [5.74, 6) is 1.75. The van der Waals surface area contributed by atoms with Crippen LogP contribution in [0.3, 0.4) is 0 Å². The summed E-state index contributed by atoms with van der Waals surface area (Å²) in [6, 6.07) is 2.72. The van der Waals surface area contributed by atoms with Crippen LogP contribution in [0.2, 0.25) is 0 Å². The molecule has 3 N–H and O–H groups in total. The van der Waals surface area contributed by atoms with Gasteiger partial charge in [0.2, 0.25) is 0 Å². The summed E-state index contributed by atoms with van der Waals surface area (Å²) in [6.45, 7) is 4.75. The minimum Gasteiger partial charge on any atom is -0.396 e. The van der Waals surface area contributed by atoms with Crippen molar-refractivity contribution >= 4 is 5.82 Å². The minimum absolute atomic E-state index is 0.118. The van der Waals surface area contributed by atoms with Crippen LogP contribution in [0.15, 0.2) is 12.4 Å². The Balaban J connectivity index is 1.43. The molecule has 2 aliphatic heterocycles. The van der Waals surface area contributed by atoms with E-state index in [-0.39, 0.29) is 24.9 Å². The van der Waals surface area contributed by atoms with Gasteiger partial charge in [-0.05, 0) is 32.6 Å². The zero-order valence-corrected chi connectivity index (χ0v) is 16.9. The highest BCUT2D eigenvalue weighted by atomic mass is 16.5. The van der Waals surface area contributed by atoms with Crippen LogP contribution in [0, 0.1) is 11.8 Å². The minimum atomic E-state index is 0.118. The fourth-order valence-corrected chi connectivity index (χ4v) is 4.93. The lowest BCUT2D eigenvalue weighted by Crippen LogP contribution is -2.38. The zero-order valence-electron chi connectivity index (χ0n) is 16.9. The van der Waals surface area contributed by atoms with Gasteiger partial charge in [-0.1, -0.05) is 0 Å². The van der Waals surface area contributed by atoms with Crippen molar-refractivity contribution in [2.45, 2.75) is 56.9 Å². The fraction of sp³-hybridized carbons (Fsp3) is 0.800. The van der Waals surface area contributed by atoms with E-state index in [1.807, 2.05) is 0 Å². The molecule has 1 aromatic heterocycles. The number of methoxy groups -OCH3 is 1. The quantitative estimate of drug-likeness (QED) is 0.635. The van der Waals surface area contributed by atoms with Crippen molar-refractivity contribution in [2.24, 2.45) is 11.8 Å². The van der Waals surface area contributed by atoms with Crippen molar-refractivity contribution in [1.82, 2.24) is 20.8 Å². The van der Waals surface area contributed by atoms with Gasteiger partial charge in [0.05, 0.1) is 30.6 Å². The first kappa shape index (κ1) is 20.0. The molecule has 3 fully saturated rings. The number of nitrogens with one attached hydrogen (secondary N) is 2. The van der Waals surface area contributed by atoms with Crippen LogP contribution in [0.4, 0.5) is 5.82 Å². The first-order valence-corrected chi connectivity index (χ1v) is 10.5. The van der Waals surface area contributed by atoms with E-state index >= 15 is 0 Å². The van der Waals surface area contributed by atoms with Gasteiger partial charge in [-0.25, -0.2) is 15.4 Å². The average molecular weight is 392 g/mol. The Morgan fingerprint density at radius 2 is 2.18 bits per heavy atom. The lowest BCUT2D eigenvalue weighted by atomic mass is 9.79. The Morgan fingerprint density at radius 3 is 2.96 bits per heavy atom. The third-order valence-corrected chi connectivity index (χ3v) is 6.39. The van der Waals surface area contributed by atoms with E-state index in [0.29, 0.717) is 24.5 Å². The first-order valence-electron chi connectivity index (χ1n) is 10.5. The molecule has 0 spiro atoms. The molecule has 8 heteroatoms. The Morgan fingerprint density at radius 1 is 1.29 bits per heavy atom. The molecule has 2 saturated heterocycles. The number of anilines is 1. The molecule has 0 aromatic carbocycles. The fourth-order valence-electron chi connectivity index (χ4n) is 4.93. The molecule has 3 heterocycles. The highest BCUT2D eigenvalue weighted by molar-refractivity contribution is 5.41. The maximum Gasteiger partial charge on any atom is 0.132 e. The van der Waals surface area contributed by atoms with Crippen LogP contribution in [-0.2, 0) is 9.47 Å². The molecule has 0 amide bonds. The molecule has 1 saturated carbocycles. The van der Waals surface area contributed by atoms with Gasteiger partial charge in [0.25, 0.3) is 0 Å². The molecule has 4 rings (SSSR count). The second-order valence-corrected chi connectivity index (χ2v) is 8.46. The first-order chi connectivity index (χ1) is 13.7. The smallest absolute Gasteiger partial charge is 0.132 e. The molecular weight excluding hydrogens is 358 g/mol. The maximum atomic E-state index is 9.41. The number of hydrogen-bond acceptors (Lipinski definition) is 8. The van der Waals surface area contributed by atoms with Gasteiger partial charge in [0.15, 0.2) is 0 Å². The van der Waals surface area contributed by atoms with Gasteiger partial charge in [-0.3, -0.25) is 5.43 Å². The Labute approximate surface area is 167 Å². The molecule has 28 heavy (non-hydrogen) atoms. The van der Waals surface area contributed by atoms with E-state index in [0.717, 1.165) is 50.3 Å². The molecule has 1 aromatic rings. The number of rotatable bonds is 7. The monoisotopic (exact) mass is 391 g/mol. The predicted molar refractivity (Wildman–Crippen MR) is 106 cm³/mol. The molecule has 156 valence electrons. The zero-order chi connectivity index (χ0) is 19.5. The Kier molecular flexibility index (Phi) is 6.42. The summed E-state index contributed by atoms with van der Waals surface area (Å²) in [6.07, 6.45) is 6.25. The molecular formula is C20H33N5O3. The average Bonchev–Trinajstić information content (AvgIpc) is 3.35. The van der Waals surface area contributed by atoms with Crippen LogP contribution in [-0.4, -0.2) is 66.7 Å². The van der Waals surface area contributed by atoms with E-state index < -0.39 is 0 Å². The van der Waals surface area contributed by atoms with Crippen LogP contribution in [0.1, 0.15) is 44.3 Å². The predicted octanol–water partition coefficient (Wildman–Crippen LogP) is 1.03. The Bertz CT molecular complexity index is 648. The van der Waals surface area contributed by atoms with Gasteiger partial charge in [0, 0.05) is 50.8 Å². The van der Waals surface area contributed by atoms with E-state index in [4.69, 9.17) is 9.47 Å². The van der Waals surface area contributed by atoms with Gasteiger partial charge >= 0.3 is 0 Å². The van der Waals surface area contributed by atoms with Crippen LogP contribution in [0.25, 0.3) is 0 Å². The summed E-state index contributed by atoms with van der Waals surface area (Å²) < 4.78 is 11.4. The van der Waals surface area contributed by atoms with Crippen molar-refractivity contribution in [3.8, 4) is 0 Å². The van der Waals surface area contributed by atoms with Crippen molar-refractivity contribution in [1.29, 1.82) is 0 Å². The number of aliphatic hydroxyl groups excluding tert-OH is 1. The lowest BCUT2D eigenvalue weighted by molar-refractivity contribution is -0.0623. The summed E-state index contributed by atoms with van der Waals surface area (Å²) in [5, 5.41) is 9.41. The molecule has 4 unspecified atom stereocenters. The number of fused-ring (bicyclic) bond motifs is 1. The van der Waals surface area contributed by atoms with Crippen molar-refractivity contribution < 1.29 is 14.6 Å². The maximum absolute atomic E-state index is 9.41. The summed E-state index contributed by atoms with van der Waals surface area (Å²) in [4.78, 5) is 11.3. The van der Waals surface area contributed by atoms with E-state index in [1.54, 1.807) is 13.4 Å². The van der Waals surface area contributed by atoms with Crippen molar-refractivity contribution in [3.63, 3.8) is 0 Å². The SMILES string of the molecule is COC[C@H](C)OC1CCC2NNC(c3cc(N4CC[C@@H](CO)C4)ncn3)C2C1. The third-order valence-electron chi connectivity index (χ3n) is 6.39. The third kappa shape index (κ3) is 4.31. The van der Waals surface area contributed by atoms with Gasteiger partial charge in [-0.15, -0.1) is 0 Å². The number of nitrogens with zero attached hydrogens (tertiary/aromatic N) is 3. The van der Waals surface area contributed by atoms with Crippen molar-refractivity contribution in [2.75, 3.05) is 38.3 Å². The topological polar surface area (TPSA) is 91.8 Å². The summed E-state index contributed by atoms with van der Waals surface area (Å²) in [7, 11) is 1.72. The number of aliphatic hydroxyl groups is 1. The van der Waals surface area contributed by atoms with Gasteiger partial charge in [-0.2, -0.15) is 0 Å². The number of hydrazine groups is 1. The molecule has 0 radical (unpaired) electrons. The summed E-state index contributed by atoms with van der Waals surface area (Å²) in [5.41, 5.74) is 7.98. The highest BCUT2D eigenvalue weighted by Gasteiger charge is 2.42. The molecule has 3 aliphatic rings. The number of hydrogen-bond donors (Lipinski definition) is 3. The standard InChI is InChI=1S/C20H33N5O3/c1-13(11-27-2)28-15-3-4-17-16(7-15)20(24-23-17)18-8-19(22-12-21-18)25-6-5-14(9-25)10-26/h8,12-17,20,23-24,26H,3-7,9-11H2,1-2H3/t13-,14+,15?,16?,17?,20?/m0/s1. The normalized spacial score (nSPS) is 33.8.